The predicted molar refractivity (Wildman–Crippen MR) is 79.0 cm³/mol. The molecule has 1 heterocycles. The number of benzene rings is 1. The minimum Gasteiger partial charge on any atom is -0.261 e. The van der Waals surface area contributed by atoms with E-state index < -0.39 is 0 Å². The second kappa shape index (κ2) is 5.83. The Bertz CT molecular complexity index is 530. The molecule has 0 saturated carbocycles. The lowest BCUT2D eigenvalue weighted by atomic mass is 9.80. The Labute approximate surface area is 115 Å². The van der Waals surface area contributed by atoms with Gasteiger partial charge in [-0.15, -0.1) is 0 Å². The first-order valence-corrected chi connectivity index (χ1v) is 7.03. The van der Waals surface area contributed by atoms with E-state index in [0.29, 0.717) is 11.8 Å². The molecule has 3 rings (SSSR count). The van der Waals surface area contributed by atoms with Gasteiger partial charge in [-0.05, 0) is 48.8 Å². The van der Waals surface area contributed by atoms with Gasteiger partial charge < -0.3 is 0 Å². The summed E-state index contributed by atoms with van der Waals surface area (Å²) in [6, 6.07) is 17.1. The smallest absolute Gasteiger partial charge is 0.0409 e. The fraction of sp³-hybridized carbons (Fsp3) is 0.278. The zero-order valence-corrected chi connectivity index (χ0v) is 11.1. The van der Waals surface area contributed by atoms with E-state index in [1.165, 1.54) is 24.1 Å². The van der Waals surface area contributed by atoms with E-state index in [-0.39, 0.29) is 0 Å². The number of nitrogens with zero attached hydrogens (tertiary/aromatic N) is 1. The van der Waals surface area contributed by atoms with Gasteiger partial charge in [0, 0.05) is 11.9 Å². The van der Waals surface area contributed by atoms with Crippen LogP contribution < -0.4 is 0 Å². The largest absolute Gasteiger partial charge is 0.261 e. The molecule has 0 saturated heterocycles. The molecule has 0 amide bonds. The van der Waals surface area contributed by atoms with Crippen molar-refractivity contribution in [1.29, 1.82) is 0 Å². The maximum absolute atomic E-state index is 4.44. The zero-order chi connectivity index (χ0) is 12.9. The molecule has 1 aromatic heterocycles. The molecule has 19 heavy (non-hydrogen) atoms. The van der Waals surface area contributed by atoms with Crippen molar-refractivity contribution in [2.45, 2.75) is 25.2 Å². The number of allylic oxidation sites excluding steroid dienone is 2. The molecule has 0 bridgehead atoms. The average Bonchev–Trinajstić information content (AvgIpc) is 2.49. The Kier molecular flexibility index (Phi) is 3.73. The highest BCUT2D eigenvalue weighted by molar-refractivity contribution is 5.22. The quantitative estimate of drug-likeness (QED) is 0.736. The van der Waals surface area contributed by atoms with Gasteiger partial charge in [0.25, 0.3) is 0 Å². The standard InChI is InChI=1S/C18H19N/c1-2-8-16(9-3-1)17-10-6-7-15(13-17)14-18-11-4-5-12-19-18/h1-9,11-12,15,17H,10,13-14H2/t15-,17-/m0/s1. The summed E-state index contributed by atoms with van der Waals surface area (Å²) in [7, 11) is 0. The number of hydrogen-bond acceptors (Lipinski definition) is 1. The Balaban J connectivity index is 1.69. The van der Waals surface area contributed by atoms with Crippen LogP contribution in [0.2, 0.25) is 0 Å². The summed E-state index contributed by atoms with van der Waals surface area (Å²) >= 11 is 0. The molecule has 0 spiro atoms. The molecule has 1 nitrogen and oxygen atoms in total. The molecule has 1 aliphatic carbocycles. The highest BCUT2D eigenvalue weighted by Crippen LogP contribution is 2.33. The van der Waals surface area contributed by atoms with Crippen molar-refractivity contribution in [3.63, 3.8) is 0 Å². The van der Waals surface area contributed by atoms with Crippen molar-refractivity contribution in [2.24, 2.45) is 5.92 Å². The first kappa shape index (κ1) is 12.2. The second-order valence-electron chi connectivity index (χ2n) is 5.29. The third kappa shape index (κ3) is 3.11. The van der Waals surface area contributed by atoms with E-state index in [4.69, 9.17) is 0 Å². The van der Waals surface area contributed by atoms with Gasteiger partial charge in [-0.3, -0.25) is 4.98 Å². The fourth-order valence-electron chi connectivity index (χ4n) is 2.91. The molecular formula is C18H19N. The Morgan fingerprint density at radius 3 is 2.63 bits per heavy atom. The summed E-state index contributed by atoms with van der Waals surface area (Å²) in [6.45, 7) is 0. The van der Waals surface area contributed by atoms with E-state index in [1.807, 2.05) is 12.3 Å². The molecule has 2 atom stereocenters. The average molecular weight is 249 g/mol. The highest BCUT2D eigenvalue weighted by atomic mass is 14.7. The van der Waals surface area contributed by atoms with E-state index >= 15 is 0 Å². The van der Waals surface area contributed by atoms with Gasteiger partial charge in [-0.25, -0.2) is 0 Å². The van der Waals surface area contributed by atoms with Crippen molar-refractivity contribution in [3.8, 4) is 0 Å². The first-order chi connectivity index (χ1) is 9.42. The maximum Gasteiger partial charge on any atom is 0.0409 e. The highest BCUT2D eigenvalue weighted by Gasteiger charge is 2.19. The summed E-state index contributed by atoms with van der Waals surface area (Å²) < 4.78 is 0. The SMILES string of the molecule is C1=C[C@H](Cc2ccccn2)C[C@@H](c2ccccc2)C1. The number of aromatic nitrogens is 1. The maximum atomic E-state index is 4.44. The van der Waals surface area contributed by atoms with Crippen LogP contribution in [0.25, 0.3) is 0 Å². The molecule has 1 aromatic carbocycles. The molecule has 2 aromatic rings. The fourth-order valence-corrected chi connectivity index (χ4v) is 2.91. The van der Waals surface area contributed by atoms with Crippen LogP contribution in [0.5, 0.6) is 0 Å². The Morgan fingerprint density at radius 2 is 1.84 bits per heavy atom. The van der Waals surface area contributed by atoms with E-state index in [1.54, 1.807) is 0 Å². The predicted octanol–water partition coefficient (Wildman–Crippen LogP) is 4.37. The molecule has 0 aliphatic heterocycles. The summed E-state index contributed by atoms with van der Waals surface area (Å²) in [6.07, 6.45) is 10.1. The normalized spacial score (nSPS) is 22.3. The van der Waals surface area contributed by atoms with Gasteiger partial charge in [0.15, 0.2) is 0 Å². The summed E-state index contributed by atoms with van der Waals surface area (Å²) in [5.41, 5.74) is 2.67. The van der Waals surface area contributed by atoms with Crippen LogP contribution in [-0.2, 0) is 6.42 Å². The van der Waals surface area contributed by atoms with E-state index in [9.17, 15) is 0 Å². The Hall–Kier alpha value is -1.89. The van der Waals surface area contributed by atoms with E-state index in [0.717, 1.165) is 6.42 Å². The van der Waals surface area contributed by atoms with Gasteiger partial charge in [0.1, 0.15) is 0 Å². The van der Waals surface area contributed by atoms with Crippen molar-refractivity contribution in [2.75, 3.05) is 0 Å². The number of pyridine rings is 1. The van der Waals surface area contributed by atoms with Crippen LogP contribution in [0, 0.1) is 5.92 Å². The monoisotopic (exact) mass is 249 g/mol. The summed E-state index contributed by atoms with van der Waals surface area (Å²) in [4.78, 5) is 4.44. The molecule has 0 fully saturated rings. The minimum atomic E-state index is 0.619. The van der Waals surface area contributed by atoms with Crippen molar-refractivity contribution in [1.82, 2.24) is 4.98 Å². The number of hydrogen-bond donors (Lipinski definition) is 0. The molecule has 1 aliphatic rings. The van der Waals surface area contributed by atoms with Crippen LogP contribution in [-0.4, -0.2) is 4.98 Å². The van der Waals surface area contributed by atoms with Crippen molar-refractivity contribution >= 4 is 0 Å². The van der Waals surface area contributed by atoms with Crippen LogP contribution in [0.1, 0.15) is 30.0 Å². The van der Waals surface area contributed by atoms with Crippen molar-refractivity contribution < 1.29 is 0 Å². The lowest BCUT2D eigenvalue weighted by Gasteiger charge is -2.25. The second-order valence-corrected chi connectivity index (χ2v) is 5.29. The van der Waals surface area contributed by atoms with Gasteiger partial charge in [-0.1, -0.05) is 48.6 Å². The molecular weight excluding hydrogens is 230 g/mol. The molecule has 0 radical (unpaired) electrons. The lowest BCUT2D eigenvalue weighted by Crippen LogP contribution is -2.12. The first-order valence-electron chi connectivity index (χ1n) is 7.03. The lowest BCUT2D eigenvalue weighted by molar-refractivity contribution is 0.479. The van der Waals surface area contributed by atoms with Gasteiger partial charge in [0.2, 0.25) is 0 Å². The van der Waals surface area contributed by atoms with Gasteiger partial charge in [-0.2, -0.15) is 0 Å². The molecule has 1 heteroatoms. The third-order valence-electron chi connectivity index (χ3n) is 3.88. The van der Waals surface area contributed by atoms with Crippen LogP contribution in [0.4, 0.5) is 0 Å². The topological polar surface area (TPSA) is 12.9 Å². The van der Waals surface area contributed by atoms with Crippen molar-refractivity contribution in [3.05, 3.63) is 78.1 Å². The summed E-state index contributed by atoms with van der Waals surface area (Å²) in [5, 5.41) is 0. The molecule has 0 N–H and O–H groups in total. The summed E-state index contributed by atoms with van der Waals surface area (Å²) in [5.74, 6) is 1.29. The Morgan fingerprint density at radius 1 is 1.00 bits per heavy atom. The number of rotatable bonds is 3. The zero-order valence-electron chi connectivity index (χ0n) is 11.1. The minimum absolute atomic E-state index is 0.619. The molecule has 96 valence electrons. The van der Waals surface area contributed by atoms with Crippen LogP contribution in [0.15, 0.2) is 66.9 Å². The van der Waals surface area contributed by atoms with Crippen LogP contribution >= 0.6 is 0 Å². The van der Waals surface area contributed by atoms with Crippen LogP contribution in [0.3, 0.4) is 0 Å². The van der Waals surface area contributed by atoms with E-state index in [2.05, 4.69) is 59.6 Å². The third-order valence-corrected chi connectivity index (χ3v) is 3.88. The molecule has 0 unspecified atom stereocenters. The van der Waals surface area contributed by atoms with Gasteiger partial charge in [0.05, 0.1) is 0 Å². The van der Waals surface area contributed by atoms with Gasteiger partial charge >= 0.3 is 0 Å².